The number of rotatable bonds is 14. The van der Waals surface area contributed by atoms with Gasteiger partial charge in [0.05, 0.1) is 19.8 Å². The van der Waals surface area contributed by atoms with Gasteiger partial charge in [-0.3, -0.25) is 4.79 Å². The van der Waals surface area contributed by atoms with Gasteiger partial charge in [0.25, 0.3) is 5.78 Å². The van der Waals surface area contributed by atoms with Crippen LogP contribution in [0.5, 0.6) is 0 Å². The van der Waals surface area contributed by atoms with Crippen molar-refractivity contribution >= 4 is 17.8 Å². The molecule has 0 spiro atoms. The largest absolute Gasteiger partial charge is 0.457 e. The van der Waals surface area contributed by atoms with Crippen LogP contribution in [-0.2, 0) is 23.7 Å². The number of hydrogen-bond donors (Lipinski definition) is 1. The predicted molar refractivity (Wildman–Crippen MR) is 141 cm³/mol. The Morgan fingerprint density at radius 2 is 1.24 bits per heavy atom. The van der Waals surface area contributed by atoms with E-state index in [-0.39, 0.29) is 25.7 Å². The van der Waals surface area contributed by atoms with E-state index < -0.39 is 17.8 Å². The van der Waals surface area contributed by atoms with Crippen LogP contribution in [0.4, 0.5) is 4.79 Å². The summed E-state index contributed by atoms with van der Waals surface area (Å²) in [4.78, 5) is 35.8. The standard InChI is InChI=1S/C30H31NO7/c32-28(22-9-2-1-3-10-22)29(33)37-20-19-36-18-17-35-16-8-15-31-30(34)38-21-27-25-13-6-4-11-23(25)24-12-5-7-14-26(24)27/h1-7,9-14,27H,8,15-21H2,(H,31,34). The van der Waals surface area contributed by atoms with Crippen LogP contribution in [0.1, 0.15) is 33.8 Å². The maximum atomic E-state index is 12.2. The minimum atomic E-state index is -0.903. The highest BCUT2D eigenvalue weighted by atomic mass is 16.6. The number of fused-ring (bicyclic) bond motifs is 3. The highest BCUT2D eigenvalue weighted by molar-refractivity contribution is 6.40. The molecule has 3 aromatic carbocycles. The molecule has 0 radical (unpaired) electrons. The zero-order valence-electron chi connectivity index (χ0n) is 21.1. The zero-order valence-corrected chi connectivity index (χ0v) is 21.1. The molecular formula is C30H31NO7. The van der Waals surface area contributed by atoms with Gasteiger partial charge in [-0.25, -0.2) is 9.59 Å². The molecule has 0 heterocycles. The molecule has 0 saturated heterocycles. The second-order valence-corrected chi connectivity index (χ2v) is 8.66. The molecule has 1 amide bonds. The monoisotopic (exact) mass is 517 g/mol. The second-order valence-electron chi connectivity index (χ2n) is 8.66. The number of hydrogen-bond acceptors (Lipinski definition) is 7. The van der Waals surface area contributed by atoms with Crippen LogP contribution in [0.3, 0.4) is 0 Å². The Hall–Kier alpha value is -4.01. The summed E-state index contributed by atoms with van der Waals surface area (Å²) in [6.07, 6.45) is 0.180. The summed E-state index contributed by atoms with van der Waals surface area (Å²) < 4.78 is 21.3. The Morgan fingerprint density at radius 1 is 0.658 bits per heavy atom. The SMILES string of the molecule is O=C(NCCCOCCOCCOC(=O)C(=O)c1ccccc1)OCC1c2ccccc2-c2ccccc21. The first-order valence-corrected chi connectivity index (χ1v) is 12.7. The normalized spacial score (nSPS) is 11.9. The van der Waals surface area contributed by atoms with Gasteiger partial charge < -0.3 is 24.3 Å². The average molecular weight is 518 g/mol. The highest BCUT2D eigenvalue weighted by Crippen LogP contribution is 2.44. The van der Waals surface area contributed by atoms with Gasteiger partial charge in [0.2, 0.25) is 0 Å². The number of alkyl carbamates (subject to hydrolysis) is 1. The van der Waals surface area contributed by atoms with Crippen molar-refractivity contribution < 1.29 is 33.3 Å². The number of ether oxygens (including phenoxy) is 4. The van der Waals surface area contributed by atoms with E-state index in [2.05, 4.69) is 29.6 Å². The highest BCUT2D eigenvalue weighted by Gasteiger charge is 2.28. The summed E-state index contributed by atoms with van der Waals surface area (Å²) in [5, 5.41) is 2.76. The Morgan fingerprint density at radius 3 is 1.92 bits per heavy atom. The molecule has 0 atom stereocenters. The van der Waals surface area contributed by atoms with Crippen molar-refractivity contribution in [2.45, 2.75) is 12.3 Å². The maximum absolute atomic E-state index is 12.2. The van der Waals surface area contributed by atoms with Crippen molar-refractivity contribution in [1.29, 1.82) is 0 Å². The van der Waals surface area contributed by atoms with Crippen LogP contribution in [0.15, 0.2) is 78.9 Å². The Balaban J connectivity index is 1.01. The van der Waals surface area contributed by atoms with E-state index >= 15 is 0 Å². The fourth-order valence-corrected chi connectivity index (χ4v) is 4.30. The number of benzene rings is 3. The third kappa shape index (κ3) is 7.27. The first-order valence-electron chi connectivity index (χ1n) is 12.7. The van der Waals surface area contributed by atoms with Gasteiger partial charge in [-0.15, -0.1) is 0 Å². The van der Waals surface area contributed by atoms with Crippen molar-refractivity contribution in [2.75, 3.05) is 46.2 Å². The zero-order chi connectivity index (χ0) is 26.6. The summed E-state index contributed by atoms with van der Waals surface area (Å²) in [6.45, 7) is 2.01. The molecule has 0 bridgehead atoms. The average Bonchev–Trinajstić information content (AvgIpc) is 3.28. The van der Waals surface area contributed by atoms with E-state index in [1.807, 2.05) is 24.3 Å². The second kappa shape index (κ2) is 14.1. The molecule has 4 rings (SSSR count). The van der Waals surface area contributed by atoms with Crippen molar-refractivity contribution in [1.82, 2.24) is 5.32 Å². The van der Waals surface area contributed by atoms with Crippen LogP contribution in [-0.4, -0.2) is 64.0 Å². The number of Topliss-reactive ketones (excluding diaryl/α,β-unsaturated/α-hetero) is 1. The third-order valence-electron chi connectivity index (χ3n) is 6.13. The Kier molecular flexibility index (Phi) is 10.0. The van der Waals surface area contributed by atoms with Crippen LogP contribution >= 0.6 is 0 Å². The lowest BCUT2D eigenvalue weighted by molar-refractivity contribution is -0.139. The summed E-state index contributed by atoms with van der Waals surface area (Å²) in [5.41, 5.74) is 5.03. The van der Waals surface area contributed by atoms with Gasteiger partial charge in [-0.1, -0.05) is 78.9 Å². The minimum Gasteiger partial charge on any atom is -0.457 e. The molecule has 0 fully saturated rings. The van der Waals surface area contributed by atoms with Gasteiger partial charge in [0.15, 0.2) is 0 Å². The van der Waals surface area contributed by atoms with Crippen LogP contribution in [0.2, 0.25) is 0 Å². The van der Waals surface area contributed by atoms with E-state index in [1.165, 1.54) is 22.3 Å². The van der Waals surface area contributed by atoms with Crippen LogP contribution < -0.4 is 5.32 Å². The number of carbonyl (C=O) groups is 3. The number of amides is 1. The number of esters is 1. The molecule has 8 heteroatoms. The smallest absolute Gasteiger partial charge is 0.407 e. The first-order chi connectivity index (χ1) is 18.6. The fourth-order valence-electron chi connectivity index (χ4n) is 4.30. The van der Waals surface area contributed by atoms with Crippen LogP contribution in [0.25, 0.3) is 11.1 Å². The molecule has 8 nitrogen and oxygen atoms in total. The molecule has 1 aliphatic rings. The van der Waals surface area contributed by atoms with E-state index in [0.29, 0.717) is 38.3 Å². The van der Waals surface area contributed by atoms with Gasteiger partial charge in [-0.2, -0.15) is 0 Å². The van der Waals surface area contributed by atoms with E-state index in [4.69, 9.17) is 18.9 Å². The molecule has 0 saturated carbocycles. The lowest BCUT2D eigenvalue weighted by Crippen LogP contribution is -2.27. The van der Waals surface area contributed by atoms with Crippen molar-refractivity contribution in [3.63, 3.8) is 0 Å². The fraction of sp³-hybridized carbons (Fsp3) is 0.300. The van der Waals surface area contributed by atoms with Gasteiger partial charge >= 0.3 is 12.1 Å². The quantitative estimate of drug-likeness (QED) is 0.147. The molecule has 0 aromatic heterocycles. The van der Waals surface area contributed by atoms with E-state index in [0.717, 1.165) is 0 Å². The van der Waals surface area contributed by atoms with E-state index in [9.17, 15) is 14.4 Å². The predicted octanol–water partition coefficient (Wildman–Crippen LogP) is 4.37. The molecule has 0 unspecified atom stereocenters. The number of carbonyl (C=O) groups excluding carboxylic acids is 3. The third-order valence-corrected chi connectivity index (χ3v) is 6.13. The molecule has 3 aromatic rings. The molecule has 1 N–H and O–H groups in total. The van der Waals surface area contributed by atoms with Crippen molar-refractivity contribution in [2.24, 2.45) is 0 Å². The number of ketones is 1. The first kappa shape index (κ1) is 27.0. The topological polar surface area (TPSA) is 100 Å². The molecule has 1 aliphatic carbocycles. The van der Waals surface area contributed by atoms with Crippen molar-refractivity contribution in [3.05, 3.63) is 95.6 Å². The summed E-state index contributed by atoms with van der Waals surface area (Å²) in [7, 11) is 0. The van der Waals surface area contributed by atoms with Crippen LogP contribution in [0, 0.1) is 0 Å². The lowest BCUT2D eigenvalue weighted by atomic mass is 9.98. The molecule has 198 valence electrons. The molecule has 0 aliphatic heterocycles. The number of nitrogens with one attached hydrogen (secondary N) is 1. The van der Waals surface area contributed by atoms with Crippen molar-refractivity contribution in [3.8, 4) is 11.1 Å². The summed E-state index contributed by atoms with van der Waals surface area (Å²) in [5.74, 6) is -1.55. The Bertz CT molecular complexity index is 1180. The summed E-state index contributed by atoms with van der Waals surface area (Å²) >= 11 is 0. The maximum Gasteiger partial charge on any atom is 0.407 e. The lowest BCUT2D eigenvalue weighted by Gasteiger charge is -2.14. The van der Waals surface area contributed by atoms with E-state index in [1.54, 1.807) is 30.3 Å². The molecule has 38 heavy (non-hydrogen) atoms. The Labute approximate surface area is 221 Å². The summed E-state index contributed by atoms with van der Waals surface area (Å²) in [6, 6.07) is 24.7. The van der Waals surface area contributed by atoms with Gasteiger partial charge in [0, 0.05) is 24.6 Å². The minimum absolute atomic E-state index is 0.0124. The van der Waals surface area contributed by atoms with Gasteiger partial charge in [-0.05, 0) is 28.7 Å². The van der Waals surface area contributed by atoms with Gasteiger partial charge in [0.1, 0.15) is 13.2 Å². The molecular weight excluding hydrogens is 486 g/mol.